The molecule has 3 aromatic rings. The number of nitrogens with one attached hydrogen (secondary N) is 1. The van der Waals surface area contributed by atoms with Gasteiger partial charge in [-0.15, -0.1) is 0 Å². The molecule has 1 aromatic heterocycles. The minimum Gasteiger partial charge on any atom is -0.359 e. The number of rotatable bonds is 7. The highest BCUT2D eigenvalue weighted by atomic mass is 16.5. The van der Waals surface area contributed by atoms with E-state index in [0.717, 1.165) is 42.8 Å². The maximum Gasteiger partial charge on any atom is 0.265 e. The first-order valence-electron chi connectivity index (χ1n) is 10.8. The average molecular weight is 422 g/mol. The van der Waals surface area contributed by atoms with Crippen molar-refractivity contribution in [2.45, 2.75) is 32.6 Å². The Bertz CT molecular complexity index is 1020. The lowest BCUT2D eigenvalue weighted by molar-refractivity contribution is -0.150. The summed E-state index contributed by atoms with van der Waals surface area (Å²) in [7, 11) is 2.09. The van der Waals surface area contributed by atoms with E-state index in [2.05, 4.69) is 41.6 Å². The molecular weight excluding hydrogens is 390 g/mol. The van der Waals surface area contributed by atoms with Crippen LogP contribution < -0.4 is 5.43 Å². The van der Waals surface area contributed by atoms with Crippen LogP contribution in [0.5, 0.6) is 0 Å². The number of carbonyl (C=O) groups excluding carboxylic acids is 1. The summed E-state index contributed by atoms with van der Waals surface area (Å²) >= 11 is 0. The monoisotopic (exact) mass is 421 g/mol. The number of carbonyl (C=O) groups is 1. The third-order valence-corrected chi connectivity index (χ3v) is 5.79. The molecule has 0 radical (unpaired) electrons. The SMILES string of the molecule is CN1CCN(NC(=O)C(C)(C)OCc2nn(Cc3ccccc3)c3ccccc23)CC1. The molecule has 2 heterocycles. The van der Waals surface area contributed by atoms with Crippen LogP contribution in [0.2, 0.25) is 0 Å². The third kappa shape index (κ3) is 5.12. The summed E-state index contributed by atoms with van der Waals surface area (Å²) in [4.78, 5) is 15.1. The van der Waals surface area contributed by atoms with E-state index in [9.17, 15) is 4.79 Å². The highest BCUT2D eigenvalue weighted by Crippen LogP contribution is 2.22. The molecule has 1 aliphatic heterocycles. The van der Waals surface area contributed by atoms with Gasteiger partial charge in [-0.3, -0.25) is 14.9 Å². The summed E-state index contributed by atoms with van der Waals surface area (Å²) in [6.45, 7) is 8.07. The van der Waals surface area contributed by atoms with Gasteiger partial charge >= 0.3 is 0 Å². The Kier molecular flexibility index (Phi) is 6.36. The smallest absolute Gasteiger partial charge is 0.265 e. The summed E-state index contributed by atoms with van der Waals surface area (Å²) in [6, 6.07) is 18.4. The molecule has 0 spiro atoms. The molecular formula is C24H31N5O2. The van der Waals surface area contributed by atoms with E-state index in [1.165, 1.54) is 5.56 Å². The number of likely N-dealkylation sites (N-methyl/N-ethyl adjacent to an activating group) is 1. The molecule has 31 heavy (non-hydrogen) atoms. The van der Waals surface area contributed by atoms with Gasteiger partial charge in [0.25, 0.3) is 5.91 Å². The van der Waals surface area contributed by atoms with Crippen molar-refractivity contribution in [2.24, 2.45) is 0 Å². The predicted octanol–water partition coefficient (Wildman–Crippen LogP) is 2.66. The minimum absolute atomic E-state index is 0.134. The number of hydrazine groups is 1. The minimum atomic E-state index is -0.965. The van der Waals surface area contributed by atoms with Crippen molar-refractivity contribution in [1.29, 1.82) is 0 Å². The first-order chi connectivity index (χ1) is 14.9. The Labute approximate surface area is 183 Å². The number of ether oxygens (including phenoxy) is 1. The second-order valence-electron chi connectivity index (χ2n) is 8.64. The zero-order valence-electron chi connectivity index (χ0n) is 18.5. The van der Waals surface area contributed by atoms with E-state index in [1.54, 1.807) is 0 Å². The standard InChI is InChI=1S/C24H31N5O2/c1-24(2,23(30)26-28-15-13-27(3)14-16-28)31-18-21-20-11-7-8-12-22(20)29(25-21)17-19-9-5-4-6-10-19/h4-12H,13-18H2,1-3H3,(H,26,30). The number of piperazine rings is 1. The van der Waals surface area contributed by atoms with Crippen molar-refractivity contribution in [3.05, 3.63) is 65.9 Å². The van der Waals surface area contributed by atoms with Gasteiger partial charge in [0, 0.05) is 31.6 Å². The molecule has 7 nitrogen and oxygen atoms in total. The first-order valence-corrected chi connectivity index (χ1v) is 10.8. The molecule has 0 saturated carbocycles. The number of aromatic nitrogens is 2. The van der Waals surface area contributed by atoms with Gasteiger partial charge in [-0.25, -0.2) is 5.01 Å². The lowest BCUT2D eigenvalue weighted by atomic mass is 10.1. The first kappa shape index (κ1) is 21.5. The maximum atomic E-state index is 12.8. The van der Waals surface area contributed by atoms with Crippen LogP contribution in [0.4, 0.5) is 0 Å². The fourth-order valence-corrected chi connectivity index (χ4v) is 3.69. The van der Waals surface area contributed by atoms with Crippen LogP contribution in [0.1, 0.15) is 25.1 Å². The second-order valence-corrected chi connectivity index (χ2v) is 8.64. The average Bonchev–Trinajstić information content (AvgIpc) is 3.12. The number of hydrogen-bond donors (Lipinski definition) is 1. The highest BCUT2D eigenvalue weighted by molar-refractivity contribution is 5.84. The van der Waals surface area contributed by atoms with E-state index < -0.39 is 5.60 Å². The lowest BCUT2D eigenvalue weighted by Crippen LogP contribution is -2.57. The zero-order chi connectivity index (χ0) is 21.8. The highest BCUT2D eigenvalue weighted by Gasteiger charge is 2.31. The molecule has 1 amide bonds. The quantitative estimate of drug-likeness (QED) is 0.636. The topological polar surface area (TPSA) is 62.6 Å². The van der Waals surface area contributed by atoms with Crippen LogP contribution in [-0.2, 0) is 22.7 Å². The van der Waals surface area contributed by atoms with Crippen molar-refractivity contribution in [2.75, 3.05) is 33.2 Å². The van der Waals surface area contributed by atoms with Crippen LogP contribution in [-0.4, -0.2) is 64.4 Å². The molecule has 0 bridgehead atoms. The normalized spacial score (nSPS) is 16.0. The van der Waals surface area contributed by atoms with Crippen LogP contribution in [0.25, 0.3) is 10.9 Å². The molecule has 1 fully saturated rings. The Morgan fingerprint density at radius 1 is 1.03 bits per heavy atom. The second kappa shape index (κ2) is 9.18. The van der Waals surface area contributed by atoms with Gasteiger partial charge in [-0.05, 0) is 32.5 Å². The number of amides is 1. The molecule has 0 unspecified atom stereocenters. The van der Waals surface area contributed by atoms with Gasteiger partial charge in [-0.1, -0.05) is 48.5 Å². The molecule has 1 saturated heterocycles. The molecule has 0 atom stereocenters. The van der Waals surface area contributed by atoms with Gasteiger partial charge in [0.05, 0.1) is 24.4 Å². The summed E-state index contributed by atoms with van der Waals surface area (Å²) in [5.74, 6) is -0.134. The molecule has 2 aromatic carbocycles. The van der Waals surface area contributed by atoms with Crippen molar-refractivity contribution in [1.82, 2.24) is 25.1 Å². The zero-order valence-corrected chi connectivity index (χ0v) is 18.5. The number of fused-ring (bicyclic) bond motifs is 1. The van der Waals surface area contributed by atoms with Crippen molar-refractivity contribution in [3.63, 3.8) is 0 Å². The van der Waals surface area contributed by atoms with E-state index in [0.29, 0.717) is 6.54 Å². The van der Waals surface area contributed by atoms with E-state index >= 15 is 0 Å². The molecule has 7 heteroatoms. The summed E-state index contributed by atoms with van der Waals surface area (Å²) in [6.07, 6.45) is 0. The molecule has 1 aliphatic rings. The fourth-order valence-electron chi connectivity index (χ4n) is 3.69. The van der Waals surface area contributed by atoms with E-state index in [1.807, 2.05) is 53.9 Å². The predicted molar refractivity (Wildman–Crippen MR) is 121 cm³/mol. The Balaban J connectivity index is 1.45. The van der Waals surface area contributed by atoms with Crippen LogP contribution >= 0.6 is 0 Å². The number of hydrogen-bond acceptors (Lipinski definition) is 5. The summed E-state index contributed by atoms with van der Waals surface area (Å²) in [5, 5.41) is 7.83. The maximum absolute atomic E-state index is 12.8. The van der Waals surface area contributed by atoms with Gasteiger partial charge in [0.2, 0.25) is 0 Å². The van der Waals surface area contributed by atoms with E-state index in [4.69, 9.17) is 9.84 Å². The fraction of sp³-hybridized carbons (Fsp3) is 0.417. The molecule has 164 valence electrons. The summed E-state index contributed by atoms with van der Waals surface area (Å²) < 4.78 is 8.09. The third-order valence-electron chi connectivity index (χ3n) is 5.79. The van der Waals surface area contributed by atoms with Crippen LogP contribution in [0.3, 0.4) is 0 Å². The lowest BCUT2D eigenvalue weighted by Gasteiger charge is -2.34. The number of benzene rings is 2. The van der Waals surface area contributed by atoms with Crippen LogP contribution in [0, 0.1) is 0 Å². The number of nitrogens with zero attached hydrogens (tertiary/aromatic N) is 4. The Morgan fingerprint density at radius 2 is 1.71 bits per heavy atom. The summed E-state index contributed by atoms with van der Waals surface area (Å²) in [5.41, 5.74) is 5.13. The number of para-hydroxylation sites is 1. The van der Waals surface area contributed by atoms with Crippen molar-refractivity contribution < 1.29 is 9.53 Å². The largest absolute Gasteiger partial charge is 0.359 e. The Hall–Kier alpha value is -2.74. The molecule has 1 N–H and O–H groups in total. The van der Waals surface area contributed by atoms with Crippen molar-refractivity contribution in [3.8, 4) is 0 Å². The Morgan fingerprint density at radius 3 is 2.45 bits per heavy atom. The van der Waals surface area contributed by atoms with Crippen molar-refractivity contribution >= 4 is 16.8 Å². The molecule has 4 rings (SSSR count). The van der Waals surface area contributed by atoms with Gasteiger partial charge < -0.3 is 9.64 Å². The van der Waals surface area contributed by atoms with E-state index in [-0.39, 0.29) is 12.5 Å². The van der Waals surface area contributed by atoms with Gasteiger partial charge in [0.15, 0.2) is 0 Å². The van der Waals surface area contributed by atoms with Gasteiger partial charge in [-0.2, -0.15) is 5.10 Å². The van der Waals surface area contributed by atoms with Crippen LogP contribution in [0.15, 0.2) is 54.6 Å². The molecule has 0 aliphatic carbocycles. The van der Waals surface area contributed by atoms with Gasteiger partial charge in [0.1, 0.15) is 5.60 Å².